The van der Waals surface area contributed by atoms with Crippen LogP contribution >= 0.6 is 11.6 Å². The van der Waals surface area contributed by atoms with Gasteiger partial charge in [-0.05, 0) is 53.8 Å². The molecule has 0 saturated heterocycles. The van der Waals surface area contributed by atoms with Crippen LogP contribution in [0.1, 0.15) is 59.6 Å². The van der Waals surface area contributed by atoms with Crippen molar-refractivity contribution in [2.24, 2.45) is 18.0 Å². The maximum atomic E-state index is 15.5. The summed E-state index contributed by atoms with van der Waals surface area (Å²) >= 11 is 6.61. The summed E-state index contributed by atoms with van der Waals surface area (Å²) in [4.78, 5) is 20.2. The van der Waals surface area contributed by atoms with Gasteiger partial charge in [-0.3, -0.25) is 23.8 Å². The summed E-state index contributed by atoms with van der Waals surface area (Å²) in [5.41, 5.74) is -1.29. The summed E-state index contributed by atoms with van der Waals surface area (Å²) in [5.74, 6) is -9.23. The number of aromatic nitrogens is 6. The third-order valence-electron chi connectivity index (χ3n) is 11.1. The average molecular weight is 923 g/mol. The number of halogens is 9. The van der Waals surface area contributed by atoms with Crippen molar-refractivity contribution in [3.05, 3.63) is 106 Å². The lowest BCUT2D eigenvalue weighted by atomic mass is 9.98. The Hall–Kier alpha value is -6.07. The van der Waals surface area contributed by atoms with Crippen molar-refractivity contribution in [2.45, 2.75) is 56.5 Å². The molecule has 9 rings (SSSR count). The van der Waals surface area contributed by atoms with Crippen molar-refractivity contribution in [1.29, 1.82) is 0 Å². The number of aliphatic imine (C=N–C) groups is 1. The number of amidine groups is 1. The normalized spacial score (nSPS) is 19.3. The molecule has 1 fully saturated rings. The highest BCUT2D eigenvalue weighted by Crippen LogP contribution is 2.68. The van der Waals surface area contributed by atoms with E-state index in [0.29, 0.717) is 21.0 Å². The molecule has 3 aromatic carbocycles. The summed E-state index contributed by atoms with van der Waals surface area (Å²) in [6.45, 7) is -3.98. The van der Waals surface area contributed by atoms with Crippen LogP contribution in [-0.2, 0) is 40.8 Å². The number of benzene rings is 3. The maximum absolute atomic E-state index is 15.5. The molecular formula is C39H31ClF8N10O4S. The number of nitrogens with one attached hydrogen (secondary N) is 2. The molecule has 3 aliphatic rings. The van der Waals surface area contributed by atoms with Gasteiger partial charge >= 0.3 is 6.55 Å². The quantitative estimate of drug-likeness (QED) is 0.107. The Balaban J connectivity index is 1.21. The van der Waals surface area contributed by atoms with E-state index in [2.05, 4.69) is 25.3 Å². The average Bonchev–Trinajstić information content (AvgIpc) is 3.42. The highest BCUT2D eigenvalue weighted by Gasteiger charge is 2.67. The Morgan fingerprint density at radius 3 is 2.43 bits per heavy atom. The highest BCUT2D eigenvalue weighted by atomic mass is 35.5. The second kappa shape index (κ2) is 15.0. The molecule has 0 spiro atoms. The van der Waals surface area contributed by atoms with E-state index >= 15 is 8.78 Å². The number of aryl methyl sites for hydroxylation is 1. The Bertz CT molecular complexity index is 2990. The number of carbonyl (C=O) groups excluding carboxylic acids is 1. The van der Waals surface area contributed by atoms with Crippen LogP contribution in [0.4, 0.5) is 52.3 Å². The zero-order chi connectivity index (χ0) is 45.0. The number of alkyl halides is 6. The molecule has 1 saturated carbocycles. The van der Waals surface area contributed by atoms with Crippen molar-refractivity contribution in [3.8, 4) is 11.1 Å². The first-order chi connectivity index (χ1) is 29.7. The molecule has 2 aliphatic carbocycles. The molecule has 24 heteroatoms. The van der Waals surface area contributed by atoms with Crippen molar-refractivity contribution >= 4 is 61.5 Å². The lowest BCUT2D eigenvalue weighted by molar-refractivity contribution is -0.122. The molecule has 0 bridgehead atoms. The number of anilines is 2. The fourth-order valence-corrected chi connectivity index (χ4v) is 9.24. The van der Waals surface area contributed by atoms with Crippen LogP contribution in [0.25, 0.3) is 22.0 Å². The number of carbonyl (C=O) groups is 1. The van der Waals surface area contributed by atoms with Crippen LogP contribution in [0.15, 0.2) is 65.9 Å². The van der Waals surface area contributed by atoms with Gasteiger partial charge in [-0.1, -0.05) is 23.7 Å². The predicted octanol–water partition coefficient (Wildman–Crippen LogP) is 7.45. The third kappa shape index (κ3) is 7.43. The summed E-state index contributed by atoms with van der Waals surface area (Å²) in [6, 6.07) is 8.08. The largest absolute Gasteiger partial charge is 0.369 e. The topological polar surface area (TPSA) is 165 Å². The van der Waals surface area contributed by atoms with Gasteiger partial charge < -0.3 is 10.4 Å². The number of amides is 1. The molecule has 14 nitrogen and oxygen atoms in total. The lowest BCUT2D eigenvalue weighted by Gasteiger charge is -2.39. The van der Waals surface area contributed by atoms with Crippen molar-refractivity contribution in [1.82, 2.24) is 34.7 Å². The Morgan fingerprint density at radius 1 is 1.03 bits per heavy atom. The zero-order valence-corrected chi connectivity index (χ0v) is 34.0. The lowest BCUT2D eigenvalue weighted by Crippen LogP contribution is -2.53. The molecule has 330 valence electrons. The summed E-state index contributed by atoms with van der Waals surface area (Å²) < 4.78 is 145. The van der Waals surface area contributed by atoms with E-state index in [1.54, 1.807) is 0 Å². The number of hydrogen-bond acceptors (Lipinski definition) is 9. The van der Waals surface area contributed by atoms with Crippen molar-refractivity contribution in [2.75, 3.05) is 15.9 Å². The second-order valence-corrected chi connectivity index (χ2v) is 17.5. The fourth-order valence-electron chi connectivity index (χ4n) is 8.50. The Kier molecular flexibility index (Phi) is 10.1. The Morgan fingerprint density at radius 2 is 1.76 bits per heavy atom. The van der Waals surface area contributed by atoms with Crippen LogP contribution < -0.4 is 14.9 Å². The van der Waals surface area contributed by atoms with E-state index in [1.165, 1.54) is 53.2 Å². The van der Waals surface area contributed by atoms with Gasteiger partial charge in [0.15, 0.2) is 12.0 Å². The van der Waals surface area contributed by atoms with Crippen LogP contribution in [-0.4, -0.2) is 66.9 Å². The molecule has 63 heavy (non-hydrogen) atoms. The van der Waals surface area contributed by atoms with E-state index in [9.17, 15) is 44.7 Å². The number of aliphatic hydroxyl groups is 1. The van der Waals surface area contributed by atoms with E-state index < -0.39 is 94.9 Å². The summed E-state index contributed by atoms with van der Waals surface area (Å²) in [7, 11) is -2.50. The number of sulfonamides is 1. The molecular weight excluding hydrogens is 892 g/mol. The van der Waals surface area contributed by atoms with Gasteiger partial charge in [-0.2, -0.15) is 32.9 Å². The first kappa shape index (κ1) is 42.2. The minimum absolute atomic E-state index is 0.0109. The van der Waals surface area contributed by atoms with Crippen LogP contribution in [0.5, 0.6) is 0 Å². The van der Waals surface area contributed by atoms with E-state index in [0.717, 1.165) is 24.6 Å². The molecule has 3 aromatic heterocycles. The van der Waals surface area contributed by atoms with E-state index in [4.69, 9.17) is 16.6 Å². The monoisotopic (exact) mass is 922 g/mol. The maximum Gasteiger partial charge on any atom is 0.333 e. The molecule has 2 unspecified atom stereocenters. The molecule has 0 radical (unpaired) electrons. The van der Waals surface area contributed by atoms with Crippen molar-refractivity contribution in [3.63, 3.8) is 0 Å². The van der Waals surface area contributed by atoms with Gasteiger partial charge in [-0.15, -0.1) is 0 Å². The van der Waals surface area contributed by atoms with Crippen LogP contribution in [0, 0.1) is 17.6 Å². The third-order valence-corrected chi connectivity index (χ3v) is 12.0. The van der Waals surface area contributed by atoms with E-state index in [-0.39, 0.29) is 67.6 Å². The molecule has 1 amide bonds. The van der Waals surface area contributed by atoms with Gasteiger partial charge in [0.1, 0.15) is 35.4 Å². The van der Waals surface area contributed by atoms with E-state index in [1.807, 2.05) is 0 Å². The standard InChI is InChI=1S/C39H31ClF8N10O4S/c1-55-32-27(6-5-24(40)30(32)35(53-55)54-63(2,61)62)58-36(51-25-10-17(3-4-21(25)37(58)60)18-13-49-57(14-18)38(45)46)26(9-16-7-19(41)11-20(42)8-16)50-28(59)15-56-33-29(31(52-56)34(43)44)22-12-23(22)39(33,47)48/h3-8,10-11,13-14,22-23,26,34,37-38,60H,9,12,15H2,1-2H3,(H,50,59)(H,53,54)/t22-,23?,26-,37?/m0/s1. The molecule has 1 aliphatic heterocycles. The Labute approximate surface area is 355 Å². The smallest absolute Gasteiger partial charge is 0.333 e. The fraction of sp³-hybridized carbons (Fsp3) is 0.308. The first-order valence-corrected chi connectivity index (χ1v) is 21.1. The summed E-state index contributed by atoms with van der Waals surface area (Å²) in [6.07, 6.45) is -2.40. The first-order valence-electron chi connectivity index (χ1n) is 18.9. The molecule has 3 N–H and O–H groups in total. The van der Waals surface area contributed by atoms with Gasteiger partial charge in [0.05, 0.1) is 45.8 Å². The predicted molar refractivity (Wildman–Crippen MR) is 212 cm³/mol. The minimum Gasteiger partial charge on any atom is -0.369 e. The van der Waals surface area contributed by atoms with Crippen molar-refractivity contribution < 1.29 is 53.4 Å². The molecule has 6 aromatic rings. The SMILES string of the molecule is Cn1nc(NS(C)(=O)=O)c2c(Cl)ccc(N3C([C@H](Cc4cc(F)cc(F)c4)NC(=O)Cn4nc(C(F)F)c5c4C(F)(F)C4C[C@H]54)=Nc4cc(-c5cnn(C(F)F)c5)ccc4C3O)c21. The number of nitrogens with zero attached hydrogens (tertiary/aromatic N) is 8. The summed E-state index contributed by atoms with van der Waals surface area (Å²) in [5, 5.41) is 26.7. The van der Waals surface area contributed by atoms with Gasteiger partial charge in [-0.25, -0.2) is 35.7 Å². The van der Waals surface area contributed by atoms with Crippen LogP contribution in [0.2, 0.25) is 5.02 Å². The van der Waals surface area contributed by atoms with Gasteiger partial charge in [0.2, 0.25) is 15.9 Å². The molecule has 4 atom stereocenters. The number of fused-ring (bicyclic) bond motifs is 5. The van der Waals surface area contributed by atoms with Gasteiger partial charge in [0.25, 0.3) is 12.3 Å². The highest BCUT2D eigenvalue weighted by molar-refractivity contribution is 7.92. The zero-order valence-electron chi connectivity index (χ0n) is 32.4. The van der Waals surface area contributed by atoms with Crippen LogP contribution in [0.3, 0.4) is 0 Å². The minimum atomic E-state index is -3.93. The second-order valence-electron chi connectivity index (χ2n) is 15.4. The molecule has 4 heterocycles. The number of rotatable bonds is 12. The van der Waals surface area contributed by atoms with Gasteiger partial charge in [0, 0.05) is 48.3 Å². The number of aliphatic hydroxyl groups excluding tert-OH is 1. The number of hydrogen-bond donors (Lipinski definition) is 3.